The van der Waals surface area contributed by atoms with Crippen LogP contribution in [0.4, 0.5) is 13.2 Å². The van der Waals surface area contributed by atoms with E-state index >= 15 is 0 Å². The fourth-order valence-electron chi connectivity index (χ4n) is 1.53. The minimum atomic E-state index is -4.92. The third kappa shape index (κ3) is 2.26. The molecule has 1 aliphatic heterocycles. The minimum absolute atomic E-state index is 0.0373. The van der Waals surface area contributed by atoms with Crippen molar-refractivity contribution >= 4 is 23.2 Å². The summed E-state index contributed by atoms with van der Waals surface area (Å²) >= 11 is 1.20. The molecule has 2 amide bonds. The van der Waals surface area contributed by atoms with Gasteiger partial charge in [-0.25, -0.2) is 0 Å². The molecule has 1 unspecified atom stereocenters. The van der Waals surface area contributed by atoms with Gasteiger partial charge in [-0.2, -0.15) is 24.5 Å². The zero-order valence-electron chi connectivity index (χ0n) is 8.30. The van der Waals surface area contributed by atoms with Crippen LogP contribution in [-0.2, 0) is 4.79 Å². The topological polar surface area (TPSA) is 58.2 Å². The first-order valence-corrected chi connectivity index (χ1v) is 5.56. The van der Waals surface area contributed by atoms with Crippen LogP contribution in [0.3, 0.4) is 0 Å². The van der Waals surface area contributed by atoms with E-state index in [1.807, 2.05) is 5.32 Å². The van der Waals surface area contributed by atoms with Crippen molar-refractivity contribution in [2.75, 3.05) is 6.54 Å². The van der Waals surface area contributed by atoms with Crippen molar-refractivity contribution in [1.82, 2.24) is 10.6 Å². The summed E-state index contributed by atoms with van der Waals surface area (Å²) in [7, 11) is 0. The Balaban J connectivity index is 2.18. The number of halogens is 3. The van der Waals surface area contributed by atoms with E-state index in [2.05, 4.69) is 5.32 Å². The van der Waals surface area contributed by atoms with Crippen molar-refractivity contribution in [2.24, 2.45) is 0 Å². The lowest BCUT2D eigenvalue weighted by Gasteiger charge is -2.24. The van der Waals surface area contributed by atoms with Crippen LogP contribution in [0.15, 0.2) is 10.8 Å². The van der Waals surface area contributed by atoms with Gasteiger partial charge in [0.25, 0.3) is 5.91 Å². The lowest BCUT2D eigenvalue weighted by atomic mass is 10.0. The third-order valence-corrected chi connectivity index (χ3v) is 3.10. The molecule has 4 nitrogen and oxygen atoms in total. The van der Waals surface area contributed by atoms with Gasteiger partial charge >= 0.3 is 12.1 Å². The third-order valence-electron chi connectivity index (χ3n) is 2.34. The number of hydrogen-bond acceptors (Lipinski definition) is 3. The Labute approximate surface area is 97.8 Å². The van der Waals surface area contributed by atoms with E-state index in [0.717, 1.165) is 0 Å². The fraction of sp³-hybridized carbons (Fsp3) is 0.333. The first kappa shape index (κ1) is 11.9. The maximum Gasteiger partial charge on any atom is 0.471 e. The Morgan fingerprint density at radius 2 is 2.18 bits per heavy atom. The van der Waals surface area contributed by atoms with E-state index in [-0.39, 0.29) is 12.5 Å². The number of amides is 2. The predicted octanol–water partition coefficient (Wildman–Crippen LogP) is 1.21. The van der Waals surface area contributed by atoms with Crippen LogP contribution in [0.2, 0.25) is 0 Å². The summed E-state index contributed by atoms with van der Waals surface area (Å²) < 4.78 is 36.3. The number of thiophene rings is 1. The van der Waals surface area contributed by atoms with Gasteiger partial charge in [-0.1, -0.05) is 0 Å². The SMILES string of the molecule is O=C1NCC(NC(=O)C(F)(F)F)c2cscc21. The standard InChI is InChI=1S/C9H7F3N2O2S/c10-9(11,12)8(16)14-6-1-13-7(15)5-3-17-2-4(5)6/h2-3,6H,1H2,(H,13,15)(H,14,16). The van der Waals surface area contributed by atoms with Crippen molar-refractivity contribution in [2.45, 2.75) is 12.2 Å². The van der Waals surface area contributed by atoms with Gasteiger partial charge < -0.3 is 10.6 Å². The molecular formula is C9H7F3N2O2S. The van der Waals surface area contributed by atoms with Crippen LogP contribution < -0.4 is 10.6 Å². The van der Waals surface area contributed by atoms with E-state index in [4.69, 9.17) is 0 Å². The largest absolute Gasteiger partial charge is 0.471 e. The number of hydrogen-bond donors (Lipinski definition) is 2. The van der Waals surface area contributed by atoms with Crippen molar-refractivity contribution in [3.05, 3.63) is 21.9 Å². The van der Waals surface area contributed by atoms with Crippen molar-refractivity contribution < 1.29 is 22.8 Å². The Hall–Kier alpha value is -1.57. The number of carbonyl (C=O) groups is 2. The van der Waals surface area contributed by atoms with Gasteiger partial charge in [-0.15, -0.1) is 0 Å². The molecule has 0 spiro atoms. The van der Waals surface area contributed by atoms with Crippen LogP contribution in [0.5, 0.6) is 0 Å². The second-order valence-electron chi connectivity index (χ2n) is 3.47. The van der Waals surface area contributed by atoms with Gasteiger partial charge in [-0.3, -0.25) is 9.59 Å². The quantitative estimate of drug-likeness (QED) is 0.801. The van der Waals surface area contributed by atoms with Crippen LogP contribution >= 0.6 is 11.3 Å². The van der Waals surface area contributed by atoms with Crippen LogP contribution in [0.25, 0.3) is 0 Å². The van der Waals surface area contributed by atoms with Gasteiger partial charge in [0.2, 0.25) is 0 Å². The lowest BCUT2D eigenvalue weighted by molar-refractivity contribution is -0.174. The molecule has 0 aliphatic carbocycles. The highest BCUT2D eigenvalue weighted by atomic mass is 32.1. The Morgan fingerprint density at radius 3 is 2.82 bits per heavy atom. The molecule has 0 saturated carbocycles. The van der Waals surface area contributed by atoms with Crippen LogP contribution in [0, 0.1) is 0 Å². The number of nitrogens with one attached hydrogen (secondary N) is 2. The molecule has 0 aromatic carbocycles. The lowest BCUT2D eigenvalue weighted by Crippen LogP contribution is -2.46. The first-order chi connectivity index (χ1) is 7.89. The molecule has 1 aliphatic rings. The number of carbonyl (C=O) groups excluding carboxylic acids is 2. The molecule has 0 saturated heterocycles. The van der Waals surface area contributed by atoms with Crippen LogP contribution in [-0.4, -0.2) is 24.5 Å². The highest BCUT2D eigenvalue weighted by Gasteiger charge is 2.41. The normalized spacial score (nSPS) is 19.5. The Morgan fingerprint density at radius 1 is 1.47 bits per heavy atom. The number of rotatable bonds is 1. The molecule has 2 rings (SSSR count). The summed E-state index contributed by atoms with van der Waals surface area (Å²) in [4.78, 5) is 22.1. The maximum atomic E-state index is 12.1. The molecule has 8 heteroatoms. The number of fused-ring (bicyclic) bond motifs is 1. The first-order valence-electron chi connectivity index (χ1n) is 4.61. The molecule has 2 N–H and O–H groups in total. The van der Waals surface area contributed by atoms with Crippen LogP contribution in [0.1, 0.15) is 22.0 Å². The Bertz CT molecular complexity index is 469. The summed E-state index contributed by atoms with van der Waals surface area (Å²) in [6.07, 6.45) is -4.92. The van der Waals surface area contributed by atoms with Gasteiger partial charge in [0.1, 0.15) is 0 Å². The van der Waals surface area contributed by atoms with Gasteiger partial charge in [0.05, 0.1) is 11.6 Å². The number of alkyl halides is 3. The second-order valence-corrected chi connectivity index (χ2v) is 4.22. The highest BCUT2D eigenvalue weighted by Crippen LogP contribution is 2.26. The average molecular weight is 264 g/mol. The van der Waals surface area contributed by atoms with Crippen molar-refractivity contribution in [1.29, 1.82) is 0 Å². The Kier molecular flexibility index (Phi) is 2.82. The molecule has 1 aromatic heterocycles. The fourth-order valence-corrected chi connectivity index (χ4v) is 2.42. The summed E-state index contributed by atoms with van der Waals surface area (Å²) in [6, 6.07) is -0.830. The summed E-state index contributed by atoms with van der Waals surface area (Å²) in [5.41, 5.74) is 0.741. The van der Waals surface area contributed by atoms with E-state index in [1.165, 1.54) is 16.7 Å². The minimum Gasteiger partial charge on any atom is -0.350 e. The van der Waals surface area contributed by atoms with E-state index in [0.29, 0.717) is 11.1 Å². The van der Waals surface area contributed by atoms with E-state index in [9.17, 15) is 22.8 Å². The van der Waals surface area contributed by atoms with Crippen molar-refractivity contribution in [3.8, 4) is 0 Å². The van der Waals surface area contributed by atoms with E-state index < -0.39 is 18.1 Å². The molecule has 2 heterocycles. The molecule has 1 atom stereocenters. The summed E-state index contributed by atoms with van der Waals surface area (Å²) in [5, 5.41) is 7.37. The van der Waals surface area contributed by atoms with Gasteiger partial charge in [0, 0.05) is 11.9 Å². The molecule has 1 aromatic rings. The smallest absolute Gasteiger partial charge is 0.350 e. The van der Waals surface area contributed by atoms with Gasteiger partial charge in [0.15, 0.2) is 0 Å². The van der Waals surface area contributed by atoms with Gasteiger partial charge in [-0.05, 0) is 10.9 Å². The highest BCUT2D eigenvalue weighted by molar-refractivity contribution is 7.08. The maximum absolute atomic E-state index is 12.1. The average Bonchev–Trinajstić information content (AvgIpc) is 2.70. The molecule has 0 radical (unpaired) electrons. The zero-order valence-corrected chi connectivity index (χ0v) is 9.11. The summed E-state index contributed by atoms with van der Waals surface area (Å²) in [5.74, 6) is -2.34. The molecule has 92 valence electrons. The monoisotopic (exact) mass is 264 g/mol. The molecular weight excluding hydrogens is 257 g/mol. The van der Waals surface area contributed by atoms with Crippen molar-refractivity contribution in [3.63, 3.8) is 0 Å². The molecule has 0 fully saturated rings. The second kappa shape index (κ2) is 4.02. The molecule has 0 bridgehead atoms. The predicted molar refractivity (Wildman–Crippen MR) is 53.6 cm³/mol. The molecule has 17 heavy (non-hydrogen) atoms. The summed E-state index contributed by atoms with van der Waals surface area (Å²) in [6.45, 7) is -0.0373. The zero-order chi connectivity index (χ0) is 12.6. The van der Waals surface area contributed by atoms with E-state index in [1.54, 1.807) is 5.38 Å².